The van der Waals surface area contributed by atoms with Gasteiger partial charge in [0.15, 0.2) is 11.6 Å². The van der Waals surface area contributed by atoms with Gasteiger partial charge in [0.05, 0.1) is 18.5 Å². The van der Waals surface area contributed by atoms with Gasteiger partial charge in [0.2, 0.25) is 11.8 Å². The molecule has 112 valence electrons. The highest BCUT2D eigenvalue weighted by Gasteiger charge is 2.19. The van der Waals surface area contributed by atoms with E-state index < -0.39 is 35.5 Å². The summed E-state index contributed by atoms with van der Waals surface area (Å²) >= 11 is 0. The number of carbonyl (C=O) groups is 2. The van der Waals surface area contributed by atoms with Crippen LogP contribution in [-0.2, 0) is 9.59 Å². The molecule has 1 aromatic rings. The molecule has 1 aromatic carbocycles. The molecular formula is C12H16ClF2N3O2. The van der Waals surface area contributed by atoms with Gasteiger partial charge >= 0.3 is 0 Å². The zero-order chi connectivity index (χ0) is 14.6. The summed E-state index contributed by atoms with van der Waals surface area (Å²) in [7, 11) is 0. The monoisotopic (exact) mass is 307 g/mol. The maximum atomic E-state index is 13.0. The molecule has 5 N–H and O–H groups in total. The molecule has 0 aliphatic carbocycles. The lowest BCUT2D eigenvalue weighted by molar-refractivity contribution is -0.126. The normalized spacial score (nSPS) is 13.0. The van der Waals surface area contributed by atoms with Crippen LogP contribution in [0.3, 0.4) is 0 Å². The quantitative estimate of drug-likeness (QED) is 0.749. The molecule has 1 rings (SSSR count). The number of primary amides is 1. The van der Waals surface area contributed by atoms with Crippen molar-refractivity contribution in [2.24, 2.45) is 11.5 Å². The van der Waals surface area contributed by atoms with Crippen LogP contribution in [0.15, 0.2) is 18.2 Å². The largest absolute Gasteiger partial charge is 0.370 e. The Bertz CT molecular complexity index is 500. The summed E-state index contributed by atoms with van der Waals surface area (Å²) in [4.78, 5) is 22.2. The Morgan fingerprint density at radius 2 is 1.90 bits per heavy atom. The van der Waals surface area contributed by atoms with Crippen molar-refractivity contribution in [1.82, 2.24) is 5.32 Å². The van der Waals surface area contributed by atoms with E-state index in [-0.39, 0.29) is 18.8 Å². The summed E-state index contributed by atoms with van der Waals surface area (Å²) in [5.74, 6) is -3.24. The molecule has 0 saturated carbocycles. The van der Waals surface area contributed by atoms with Crippen LogP contribution in [0.25, 0.3) is 0 Å². The van der Waals surface area contributed by atoms with Crippen LogP contribution in [0.2, 0.25) is 0 Å². The van der Waals surface area contributed by atoms with Crippen molar-refractivity contribution in [1.29, 1.82) is 0 Å². The molecule has 0 aliphatic heterocycles. The first-order valence-electron chi connectivity index (χ1n) is 5.60. The lowest BCUT2D eigenvalue weighted by Crippen LogP contribution is -2.43. The highest BCUT2D eigenvalue weighted by atomic mass is 35.5. The second kappa shape index (κ2) is 7.76. The Hall–Kier alpha value is -1.73. The van der Waals surface area contributed by atoms with E-state index in [1.54, 1.807) is 6.92 Å². The van der Waals surface area contributed by atoms with Crippen molar-refractivity contribution in [2.45, 2.75) is 25.4 Å². The first-order valence-corrected chi connectivity index (χ1v) is 5.60. The molecule has 2 atom stereocenters. The van der Waals surface area contributed by atoms with Crippen molar-refractivity contribution in [3.05, 3.63) is 35.4 Å². The highest BCUT2D eigenvalue weighted by Crippen LogP contribution is 2.16. The summed E-state index contributed by atoms with van der Waals surface area (Å²) < 4.78 is 25.8. The maximum Gasteiger partial charge on any atom is 0.237 e. The Morgan fingerprint density at radius 1 is 1.30 bits per heavy atom. The standard InChI is InChI=1S/C12H15F2N3O2.ClH/c1-6(7-2-3-8(13)9(14)4-7)17-12(19)10(15)5-11(16)18;/h2-4,6,10H,5,15H2,1H3,(H2,16,18)(H,17,19);1H. The van der Waals surface area contributed by atoms with E-state index in [0.29, 0.717) is 5.56 Å². The molecule has 2 unspecified atom stereocenters. The third-order valence-corrected chi connectivity index (χ3v) is 2.56. The third-order valence-electron chi connectivity index (χ3n) is 2.56. The molecule has 0 spiro atoms. The SMILES string of the molecule is CC(NC(=O)C(N)CC(N)=O)c1ccc(F)c(F)c1.Cl. The Kier molecular flexibility index (Phi) is 7.09. The van der Waals surface area contributed by atoms with Crippen molar-refractivity contribution in [3.8, 4) is 0 Å². The molecule has 5 nitrogen and oxygen atoms in total. The van der Waals surface area contributed by atoms with Crippen molar-refractivity contribution < 1.29 is 18.4 Å². The zero-order valence-corrected chi connectivity index (χ0v) is 11.5. The van der Waals surface area contributed by atoms with Crippen LogP contribution >= 0.6 is 12.4 Å². The first kappa shape index (κ1) is 18.3. The minimum Gasteiger partial charge on any atom is -0.370 e. The van der Waals surface area contributed by atoms with Gasteiger partial charge in [-0.2, -0.15) is 0 Å². The minimum absolute atomic E-state index is 0. The molecule has 8 heteroatoms. The number of hydrogen-bond donors (Lipinski definition) is 3. The van der Waals surface area contributed by atoms with Crippen molar-refractivity contribution >= 4 is 24.2 Å². The van der Waals surface area contributed by atoms with Gasteiger partial charge in [-0.05, 0) is 24.6 Å². The number of nitrogens with two attached hydrogens (primary N) is 2. The van der Waals surface area contributed by atoms with E-state index in [4.69, 9.17) is 11.5 Å². The van der Waals surface area contributed by atoms with Gasteiger partial charge in [-0.25, -0.2) is 8.78 Å². The fourth-order valence-electron chi connectivity index (χ4n) is 1.49. The lowest BCUT2D eigenvalue weighted by atomic mass is 10.1. The van der Waals surface area contributed by atoms with E-state index in [9.17, 15) is 18.4 Å². The van der Waals surface area contributed by atoms with E-state index in [1.165, 1.54) is 6.07 Å². The first-order chi connectivity index (χ1) is 8.81. The van der Waals surface area contributed by atoms with Gasteiger partial charge < -0.3 is 16.8 Å². The molecule has 0 radical (unpaired) electrons. The summed E-state index contributed by atoms with van der Waals surface area (Å²) in [5.41, 5.74) is 10.8. The smallest absolute Gasteiger partial charge is 0.237 e. The van der Waals surface area contributed by atoms with Crippen LogP contribution in [0.4, 0.5) is 8.78 Å². The Balaban J connectivity index is 0.00000361. The minimum atomic E-state index is -1.06. The second-order valence-corrected chi connectivity index (χ2v) is 4.18. The maximum absolute atomic E-state index is 13.0. The number of halogens is 3. The van der Waals surface area contributed by atoms with Crippen LogP contribution in [-0.4, -0.2) is 17.9 Å². The van der Waals surface area contributed by atoms with E-state index in [1.807, 2.05) is 0 Å². The number of hydrogen-bond acceptors (Lipinski definition) is 3. The summed E-state index contributed by atoms with van der Waals surface area (Å²) in [6, 6.07) is 1.67. The molecule has 0 heterocycles. The lowest BCUT2D eigenvalue weighted by Gasteiger charge is -2.17. The number of rotatable bonds is 5. The van der Waals surface area contributed by atoms with Gasteiger partial charge in [-0.3, -0.25) is 9.59 Å². The van der Waals surface area contributed by atoms with Crippen LogP contribution < -0.4 is 16.8 Å². The highest BCUT2D eigenvalue weighted by molar-refractivity contribution is 5.87. The second-order valence-electron chi connectivity index (χ2n) is 4.18. The number of carbonyl (C=O) groups excluding carboxylic acids is 2. The van der Waals surface area contributed by atoms with Gasteiger partial charge in [0.1, 0.15) is 0 Å². The van der Waals surface area contributed by atoms with Crippen molar-refractivity contribution in [3.63, 3.8) is 0 Å². The number of benzene rings is 1. The molecule has 20 heavy (non-hydrogen) atoms. The average molecular weight is 308 g/mol. The van der Waals surface area contributed by atoms with Crippen LogP contribution in [0.5, 0.6) is 0 Å². The molecule has 0 aromatic heterocycles. The molecule has 0 bridgehead atoms. The van der Waals surface area contributed by atoms with Gasteiger partial charge in [0, 0.05) is 0 Å². The van der Waals surface area contributed by atoms with Gasteiger partial charge in [-0.1, -0.05) is 6.07 Å². The van der Waals surface area contributed by atoms with Gasteiger partial charge in [-0.15, -0.1) is 12.4 Å². The van der Waals surface area contributed by atoms with E-state index >= 15 is 0 Å². The molecular weight excluding hydrogens is 292 g/mol. The summed E-state index contributed by atoms with van der Waals surface area (Å²) in [6.07, 6.45) is -0.281. The predicted octanol–water partition coefficient (Wildman–Crippen LogP) is 0.766. The molecule has 0 aliphatic rings. The van der Waals surface area contributed by atoms with Crippen LogP contribution in [0, 0.1) is 11.6 Å². The molecule has 2 amide bonds. The predicted molar refractivity (Wildman–Crippen MR) is 72.0 cm³/mol. The fourth-order valence-corrected chi connectivity index (χ4v) is 1.49. The van der Waals surface area contributed by atoms with Crippen LogP contribution in [0.1, 0.15) is 24.9 Å². The zero-order valence-electron chi connectivity index (χ0n) is 10.7. The van der Waals surface area contributed by atoms with Gasteiger partial charge in [0.25, 0.3) is 0 Å². The average Bonchev–Trinajstić information content (AvgIpc) is 2.31. The van der Waals surface area contributed by atoms with E-state index in [2.05, 4.69) is 5.32 Å². The fraction of sp³-hybridized carbons (Fsp3) is 0.333. The van der Waals surface area contributed by atoms with E-state index in [0.717, 1.165) is 12.1 Å². The summed E-state index contributed by atoms with van der Waals surface area (Å²) in [6.45, 7) is 1.58. The summed E-state index contributed by atoms with van der Waals surface area (Å²) in [5, 5.41) is 2.49. The topological polar surface area (TPSA) is 98.2 Å². The molecule has 0 saturated heterocycles. The Labute approximate surface area is 121 Å². The van der Waals surface area contributed by atoms with Crippen molar-refractivity contribution in [2.75, 3.05) is 0 Å². The number of nitrogens with one attached hydrogen (secondary N) is 1. The Morgan fingerprint density at radius 3 is 2.40 bits per heavy atom. The third kappa shape index (κ3) is 5.10. The number of amides is 2. The molecule has 0 fully saturated rings.